The van der Waals surface area contributed by atoms with Crippen LogP contribution in [0.5, 0.6) is 0 Å². The molecule has 10 heteroatoms. The molecule has 3 aromatic heterocycles. The van der Waals surface area contributed by atoms with Crippen LogP contribution >= 0.6 is 0 Å². The molecule has 164 valence electrons. The van der Waals surface area contributed by atoms with E-state index in [1.54, 1.807) is 12.3 Å². The van der Waals surface area contributed by atoms with E-state index in [1.165, 1.54) is 6.20 Å². The van der Waals surface area contributed by atoms with Crippen LogP contribution in [0.3, 0.4) is 0 Å². The number of amides is 2. The molecule has 3 N–H and O–H groups in total. The summed E-state index contributed by atoms with van der Waals surface area (Å²) in [5, 5.41) is 13.0. The number of aryl methyl sites for hydroxylation is 1. The number of aromatic nitrogens is 4. The summed E-state index contributed by atoms with van der Waals surface area (Å²) < 4.78 is 25.2. The summed E-state index contributed by atoms with van der Waals surface area (Å²) in [6.07, 6.45) is 4.22. The summed E-state index contributed by atoms with van der Waals surface area (Å²) in [7, 11) is -3.75. The topological polar surface area (TPSA) is 130 Å². The first-order chi connectivity index (χ1) is 15.2. The molecule has 0 radical (unpaired) electrons. The van der Waals surface area contributed by atoms with E-state index in [0.29, 0.717) is 11.1 Å². The number of urea groups is 1. The number of rotatable bonds is 5. The Morgan fingerprint density at radius 3 is 2.56 bits per heavy atom. The van der Waals surface area contributed by atoms with Gasteiger partial charge in [-0.15, -0.1) is 0 Å². The number of benzene rings is 1. The maximum Gasteiger partial charge on any atom is 0.320 e. The molecular formula is C22H22N6O3S. The SMILES string of the molecule is Cc1cc(-c2n[nH]c3c(S(C)(=O)=O)c(NC(=O)N[C@H](C)c4ccccc4)ncc23)ccn1. The molecular weight excluding hydrogens is 428 g/mol. The van der Waals surface area contributed by atoms with Crippen LogP contribution < -0.4 is 10.6 Å². The number of aromatic amines is 1. The normalized spacial score (nSPS) is 12.5. The molecule has 4 rings (SSSR count). The number of carbonyl (C=O) groups excluding carboxylic acids is 1. The summed E-state index contributed by atoms with van der Waals surface area (Å²) in [6.45, 7) is 3.69. The predicted molar refractivity (Wildman–Crippen MR) is 122 cm³/mol. The van der Waals surface area contributed by atoms with Gasteiger partial charge in [-0.3, -0.25) is 15.4 Å². The van der Waals surface area contributed by atoms with E-state index in [2.05, 4.69) is 30.8 Å². The Hall–Kier alpha value is -3.79. The zero-order valence-electron chi connectivity index (χ0n) is 17.7. The van der Waals surface area contributed by atoms with Crippen molar-refractivity contribution in [1.82, 2.24) is 25.5 Å². The van der Waals surface area contributed by atoms with E-state index in [4.69, 9.17) is 0 Å². The molecule has 1 aromatic carbocycles. The highest BCUT2D eigenvalue weighted by Gasteiger charge is 2.24. The van der Waals surface area contributed by atoms with Crippen LogP contribution in [0.25, 0.3) is 22.2 Å². The maximum atomic E-state index is 12.6. The van der Waals surface area contributed by atoms with Gasteiger partial charge in [0, 0.05) is 35.3 Å². The lowest BCUT2D eigenvalue weighted by Crippen LogP contribution is -2.32. The molecule has 0 fully saturated rings. The van der Waals surface area contributed by atoms with Crippen molar-refractivity contribution in [3.05, 3.63) is 66.1 Å². The molecule has 9 nitrogen and oxygen atoms in total. The third-order valence-corrected chi connectivity index (χ3v) is 6.13. The van der Waals surface area contributed by atoms with Crippen LogP contribution in [0.2, 0.25) is 0 Å². The van der Waals surface area contributed by atoms with E-state index in [1.807, 2.05) is 50.2 Å². The lowest BCUT2D eigenvalue weighted by molar-refractivity contribution is 0.249. The number of nitrogens with one attached hydrogen (secondary N) is 3. The van der Waals surface area contributed by atoms with E-state index < -0.39 is 15.9 Å². The summed E-state index contributed by atoms with van der Waals surface area (Å²) in [5.74, 6) is -0.0705. The fourth-order valence-electron chi connectivity index (χ4n) is 3.48. The number of anilines is 1. The van der Waals surface area contributed by atoms with Gasteiger partial charge in [-0.05, 0) is 31.5 Å². The van der Waals surface area contributed by atoms with Gasteiger partial charge in [0.2, 0.25) is 0 Å². The first-order valence-electron chi connectivity index (χ1n) is 9.86. The number of pyridine rings is 2. The van der Waals surface area contributed by atoms with Crippen molar-refractivity contribution < 1.29 is 13.2 Å². The quantitative estimate of drug-likeness (QED) is 0.426. The lowest BCUT2D eigenvalue weighted by Gasteiger charge is -2.16. The smallest absolute Gasteiger partial charge is 0.320 e. The van der Waals surface area contributed by atoms with Gasteiger partial charge in [0.1, 0.15) is 10.6 Å². The minimum Gasteiger partial charge on any atom is -0.331 e. The zero-order chi connectivity index (χ0) is 22.9. The second-order valence-corrected chi connectivity index (χ2v) is 9.44. The van der Waals surface area contributed by atoms with Crippen molar-refractivity contribution in [2.75, 3.05) is 11.6 Å². The number of H-pyrrole nitrogens is 1. The monoisotopic (exact) mass is 450 g/mol. The van der Waals surface area contributed by atoms with Gasteiger partial charge in [-0.25, -0.2) is 18.2 Å². The molecule has 0 saturated carbocycles. The van der Waals surface area contributed by atoms with Crippen molar-refractivity contribution >= 4 is 32.6 Å². The molecule has 0 saturated heterocycles. The average Bonchev–Trinajstić information content (AvgIpc) is 3.17. The van der Waals surface area contributed by atoms with E-state index in [0.717, 1.165) is 23.1 Å². The van der Waals surface area contributed by atoms with Crippen LogP contribution in [-0.2, 0) is 9.84 Å². The predicted octanol–water partition coefficient (Wildman–Crippen LogP) is 3.61. The van der Waals surface area contributed by atoms with Gasteiger partial charge in [0.05, 0.1) is 11.6 Å². The van der Waals surface area contributed by atoms with Crippen molar-refractivity contribution in [1.29, 1.82) is 0 Å². The molecule has 1 atom stereocenters. The van der Waals surface area contributed by atoms with Gasteiger partial charge in [0.25, 0.3) is 0 Å². The molecule has 0 aliphatic carbocycles. The molecule has 0 spiro atoms. The Kier molecular flexibility index (Phi) is 5.62. The molecule has 32 heavy (non-hydrogen) atoms. The van der Waals surface area contributed by atoms with Gasteiger partial charge in [-0.1, -0.05) is 30.3 Å². The first kappa shape index (κ1) is 21.4. The number of nitrogens with zero attached hydrogens (tertiary/aromatic N) is 3. The molecule has 4 aromatic rings. The molecule has 0 unspecified atom stereocenters. The van der Waals surface area contributed by atoms with Crippen molar-refractivity contribution in [2.24, 2.45) is 0 Å². The second kappa shape index (κ2) is 8.39. The van der Waals surface area contributed by atoms with Crippen LogP contribution in [0.1, 0.15) is 24.2 Å². The molecule has 0 bridgehead atoms. The minimum atomic E-state index is -3.75. The lowest BCUT2D eigenvalue weighted by atomic mass is 10.1. The number of sulfone groups is 1. The Morgan fingerprint density at radius 1 is 1.12 bits per heavy atom. The van der Waals surface area contributed by atoms with Gasteiger partial charge in [-0.2, -0.15) is 5.10 Å². The Morgan fingerprint density at radius 2 is 1.88 bits per heavy atom. The maximum absolute atomic E-state index is 12.6. The number of hydrogen-bond acceptors (Lipinski definition) is 6. The standard InChI is InChI=1S/C22H22N6O3S/c1-13-11-16(9-10-23-13)18-17-12-24-21(20(32(3,30)31)19(17)28-27-18)26-22(29)25-14(2)15-7-5-4-6-8-15/h4-12,14H,1-3H3,(H,27,28)(H2,24,25,26,29)/t14-/m1/s1. The Labute approximate surface area is 185 Å². The molecule has 2 amide bonds. The van der Waals surface area contributed by atoms with Gasteiger partial charge >= 0.3 is 6.03 Å². The summed E-state index contributed by atoms with van der Waals surface area (Å²) in [5.41, 5.74) is 3.33. The van der Waals surface area contributed by atoms with Crippen LogP contribution in [-0.4, -0.2) is 40.9 Å². The minimum absolute atomic E-state index is 0.0705. The Balaban J connectivity index is 1.70. The highest BCUT2D eigenvalue weighted by Crippen LogP contribution is 2.33. The highest BCUT2D eigenvalue weighted by molar-refractivity contribution is 7.91. The van der Waals surface area contributed by atoms with Gasteiger partial charge in [0.15, 0.2) is 15.7 Å². The Bertz CT molecular complexity index is 1400. The van der Waals surface area contributed by atoms with Crippen molar-refractivity contribution in [3.63, 3.8) is 0 Å². The largest absolute Gasteiger partial charge is 0.331 e. The van der Waals surface area contributed by atoms with Crippen LogP contribution in [0.4, 0.5) is 10.6 Å². The second-order valence-electron chi connectivity index (χ2n) is 7.49. The number of carbonyl (C=O) groups is 1. The molecule has 0 aliphatic heterocycles. The van der Waals surface area contributed by atoms with E-state index in [-0.39, 0.29) is 22.3 Å². The fraction of sp³-hybridized carbons (Fsp3) is 0.182. The number of fused-ring (bicyclic) bond motifs is 1. The summed E-state index contributed by atoms with van der Waals surface area (Å²) in [6, 6.07) is 12.2. The highest BCUT2D eigenvalue weighted by atomic mass is 32.2. The molecule has 3 heterocycles. The molecule has 0 aliphatic rings. The summed E-state index contributed by atoms with van der Waals surface area (Å²) in [4.78, 5) is 20.9. The number of hydrogen-bond donors (Lipinski definition) is 3. The first-order valence-corrected chi connectivity index (χ1v) is 11.8. The fourth-order valence-corrected chi connectivity index (χ4v) is 4.47. The van der Waals surface area contributed by atoms with Gasteiger partial charge < -0.3 is 5.32 Å². The van der Waals surface area contributed by atoms with E-state index in [9.17, 15) is 13.2 Å². The van der Waals surface area contributed by atoms with E-state index >= 15 is 0 Å². The van der Waals surface area contributed by atoms with Crippen molar-refractivity contribution in [2.45, 2.75) is 24.8 Å². The third kappa shape index (κ3) is 4.30. The van der Waals surface area contributed by atoms with Crippen molar-refractivity contribution in [3.8, 4) is 11.3 Å². The summed E-state index contributed by atoms with van der Waals surface area (Å²) >= 11 is 0. The van der Waals surface area contributed by atoms with Crippen LogP contribution in [0, 0.1) is 6.92 Å². The zero-order valence-corrected chi connectivity index (χ0v) is 18.6. The van der Waals surface area contributed by atoms with Crippen LogP contribution in [0.15, 0.2) is 59.8 Å². The third-order valence-electron chi connectivity index (χ3n) is 4.99. The average molecular weight is 451 g/mol.